The van der Waals surface area contributed by atoms with Gasteiger partial charge in [-0.25, -0.2) is 14.8 Å². The van der Waals surface area contributed by atoms with Gasteiger partial charge in [0.1, 0.15) is 6.10 Å². The second-order valence-electron chi connectivity index (χ2n) is 9.72. The maximum Gasteiger partial charge on any atom is 0.508 e. The number of hydrogen-bond donors (Lipinski definition) is 0. The molecule has 1 aliphatic rings. The molecule has 0 unspecified atom stereocenters. The third-order valence-electron chi connectivity index (χ3n) is 7.06. The normalized spacial score (nSPS) is 14.7. The molecule has 0 radical (unpaired) electrons. The van der Waals surface area contributed by atoms with E-state index < -0.39 is 6.16 Å². The van der Waals surface area contributed by atoms with Crippen molar-refractivity contribution in [1.82, 2.24) is 24.5 Å². The summed E-state index contributed by atoms with van der Waals surface area (Å²) in [5.74, 6) is 0. The van der Waals surface area contributed by atoms with E-state index in [0.29, 0.717) is 0 Å². The summed E-state index contributed by atoms with van der Waals surface area (Å²) in [5, 5.41) is 5.58. The molecule has 0 spiro atoms. The number of pyridine rings is 1. The molecule has 0 saturated carbocycles. The molecule has 3 aromatic heterocycles. The van der Waals surface area contributed by atoms with Gasteiger partial charge in [0.05, 0.1) is 18.5 Å². The largest absolute Gasteiger partial charge is 0.508 e. The van der Waals surface area contributed by atoms with Crippen LogP contribution in [0.2, 0.25) is 0 Å². The van der Waals surface area contributed by atoms with Crippen molar-refractivity contribution in [2.24, 2.45) is 0 Å². The van der Waals surface area contributed by atoms with Crippen LogP contribution in [0.3, 0.4) is 0 Å². The number of likely N-dealkylation sites (tertiary alicyclic amines) is 1. The monoisotopic (exact) mass is 507 g/mol. The van der Waals surface area contributed by atoms with Crippen LogP contribution in [0.4, 0.5) is 4.79 Å². The lowest BCUT2D eigenvalue weighted by molar-refractivity contribution is 0.00845. The maximum absolute atomic E-state index is 11.4. The van der Waals surface area contributed by atoms with Gasteiger partial charge in [0.2, 0.25) is 0 Å². The van der Waals surface area contributed by atoms with Crippen LogP contribution >= 0.6 is 0 Å². The smallest absolute Gasteiger partial charge is 0.438 e. The average Bonchev–Trinajstić information content (AvgIpc) is 3.35. The van der Waals surface area contributed by atoms with Crippen LogP contribution < -0.4 is 0 Å². The van der Waals surface area contributed by atoms with E-state index in [1.165, 1.54) is 12.7 Å². The van der Waals surface area contributed by atoms with E-state index >= 15 is 0 Å². The van der Waals surface area contributed by atoms with Crippen LogP contribution in [0.5, 0.6) is 0 Å². The van der Waals surface area contributed by atoms with Crippen molar-refractivity contribution in [1.29, 1.82) is 0 Å². The van der Waals surface area contributed by atoms with E-state index in [1.54, 1.807) is 0 Å². The fourth-order valence-electron chi connectivity index (χ4n) is 5.11. The van der Waals surface area contributed by atoms with Gasteiger partial charge in [-0.3, -0.25) is 4.90 Å². The Labute approximate surface area is 220 Å². The van der Waals surface area contributed by atoms with E-state index in [4.69, 9.17) is 9.72 Å². The highest BCUT2D eigenvalue weighted by Gasteiger charge is 2.23. The van der Waals surface area contributed by atoms with E-state index in [9.17, 15) is 4.79 Å². The van der Waals surface area contributed by atoms with Gasteiger partial charge >= 0.3 is 6.16 Å². The number of methoxy groups -OCH3 is 1. The first-order chi connectivity index (χ1) is 18.6. The molecule has 192 valence electrons. The number of hydrogen-bond acceptors (Lipinski definition) is 7. The molecule has 1 saturated heterocycles. The van der Waals surface area contributed by atoms with Crippen LogP contribution in [-0.2, 0) is 16.0 Å². The molecule has 1 fully saturated rings. The standard InChI is InChI=1S/C30H29N5O3/c1-20-16-27-31-18-24-17-26(22-6-4-3-5-7-22)28(32-29(24)35(27)33-20)23-10-8-21(9-11-23)19-34-14-12-25(13-15-34)38-30(36)37-2/h3-11,16-18,25H,12-15,19H2,1-2H3. The van der Waals surface area contributed by atoms with Crippen molar-refractivity contribution in [3.8, 4) is 22.4 Å². The number of nitrogens with zero attached hydrogens (tertiary/aromatic N) is 5. The quantitative estimate of drug-likeness (QED) is 0.284. The lowest BCUT2D eigenvalue weighted by Gasteiger charge is -2.31. The second kappa shape index (κ2) is 10.2. The van der Waals surface area contributed by atoms with Crippen LogP contribution in [0.25, 0.3) is 39.1 Å². The molecular weight excluding hydrogens is 478 g/mol. The van der Waals surface area contributed by atoms with Crippen LogP contribution in [0.1, 0.15) is 24.1 Å². The molecule has 8 heteroatoms. The molecule has 8 nitrogen and oxygen atoms in total. The van der Waals surface area contributed by atoms with Gasteiger partial charge in [0.15, 0.2) is 11.3 Å². The second-order valence-corrected chi connectivity index (χ2v) is 9.72. The average molecular weight is 508 g/mol. The summed E-state index contributed by atoms with van der Waals surface area (Å²) in [4.78, 5) is 23.5. The van der Waals surface area contributed by atoms with Crippen LogP contribution in [0.15, 0.2) is 72.9 Å². The van der Waals surface area contributed by atoms with Crippen LogP contribution in [-0.4, -0.2) is 56.9 Å². The van der Waals surface area contributed by atoms with Crippen molar-refractivity contribution >= 4 is 22.8 Å². The summed E-state index contributed by atoms with van der Waals surface area (Å²) < 4.78 is 11.7. The Hall–Kier alpha value is -4.30. The highest BCUT2D eigenvalue weighted by atomic mass is 16.7. The summed E-state index contributed by atoms with van der Waals surface area (Å²) in [6.07, 6.45) is 2.82. The number of benzene rings is 2. The minimum Gasteiger partial charge on any atom is -0.438 e. The van der Waals surface area contributed by atoms with Crippen molar-refractivity contribution in [3.05, 3.63) is 84.2 Å². The lowest BCUT2D eigenvalue weighted by Crippen LogP contribution is -2.37. The van der Waals surface area contributed by atoms with Gasteiger partial charge in [-0.1, -0.05) is 54.6 Å². The Morgan fingerprint density at radius 1 is 1.00 bits per heavy atom. The zero-order valence-electron chi connectivity index (χ0n) is 21.5. The first-order valence-electron chi connectivity index (χ1n) is 12.9. The highest BCUT2D eigenvalue weighted by Crippen LogP contribution is 2.33. The first-order valence-corrected chi connectivity index (χ1v) is 12.9. The number of piperidine rings is 1. The molecule has 0 N–H and O–H groups in total. The van der Waals surface area contributed by atoms with E-state index in [0.717, 1.165) is 77.2 Å². The van der Waals surface area contributed by atoms with Gasteiger partial charge < -0.3 is 9.47 Å². The number of rotatable bonds is 5. The Bertz CT molecular complexity index is 1590. The minimum absolute atomic E-state index is 0.0725. The third-order valence-corrected chi connectivity index (χ3v) is 7.06. The first kappa shape index (κ1) is 24.1. The molecule has 0 atom stereocenters. The number of aromatic nitrogens is 4. The number of aryl methyl sites for hydroxylation is 1. The summed E-state index contributed by atoms with van der Waals surface area (Å²) in [6.45, 7) is 4.57. The zero-order valence-corrected chi connectivity index (χ0v) is 21.5. The molecule has 0 amide bonds. The molecule has 0 bridgehead atoms. The predicted molar refractivity (Wildman–Crippen MR) is 146 cm³/mol. The summed E-state index contributed by atoms with van der Waals surface area (Å²) in [5.41, 5.74) is 7.85. The number of carbonyl (C=O) groups is 1. The maximum atomic E-state index is 11.4. The van der Waals surface area contributed by atoms with Gasteiger partial charge in [-0.2, -0.15) is 9.61 Å². The topological polar surface area (TPSA) is 81.9 Å². The summed E-state index contributed by atoms with van der Waals surface area (Å²) >= 11 is 0. The van der Waals surface area contributed by atoms with Crippen LogP contribution in [0, 0.1) is 6.92 Å². The molecule has 6 rings (SSSR count). The molecule has 5 aromatic rings. The van der Waals surface area contributed by atoms with Gasteiger partial charge in [0.25, 0.3) is 0 Å². The highest BCUT2D eigenvalue weighted by molar-refractivity contribution is 5.90. The fraction of sp³-hybridized carbons (Fsp3) is 0.267. The SMILES string of the molecule is COC(=O)OC1CCN(Cc2ccc(-c3nc4c(cnc5cc(C)nn54)cc3-c3ccccc3)cc2)CC1. The van der Waals surface area contributed by atoms with Crippen molar-refractivity contribution < 1.29 is 14.3 Å². The molecular formula is C30H29N5O3. The van der Waals surface area contributed by atoms with Crippen molar-refractivity contribution in [3.63, 3.8) is 0 Å². The molecule has 1 aliphatic heterocycles. The number of ether oxygens (including phenoxy) is 2. The zero-order chi connectivity index (χ0) is 26.1. The Morgan fingerprint density at radius 3 is 2.50 bits per heavy atom. The summed E-state index contributed by atoms with van der Waals surface area (Å²) in [7, 11) is 1.34. The van der Waals surface area contributed by atoms with Gasteiger partial charge in [-0.05, 0) is 37.0 Å². The lowest BCUT2D eigenvalue weighted by atomic mass is 9.97. The predicted octanol–water partition coefficient (Wildman–Crippen LogP) is 5.67. The molecule has 4 heterocycles. The van der Waals surface area contributed by atoms with Gasteiger partial charge in [-0.15, -0.1) is 0 Å². The molecule has 38 heavy (non-hydrogen) atoms. The Kier molecular flexibility index (Phi) is 6.47. The van der Waals surface area contributed by atoms with Crippen molar-refractivity contribution in [2.45, 2.75) is 32.4 Å². The molecule has 2 aromatic carbocycles. The summed E-state index contributed by atoms with van der Waals surface area (Å²) in [6, 6.07) is 23.1. The van der Waals surface area contributed by atoms with E-state index in [2.05, 4.69) is 62.2 Å². The number of carbonyl (C=O) groups excluding carboxylic acids is 1. The Balaban J connectivity index is 1.29. The van der Waals surface area contributed by atoms with E-state index in [-0.39, 0.29) is 6.10 Å². The minimum atomic E-state index is -0.601. The van der Waals surface area contributed by atoms with Gasteiger partial charge in [0, 0.05) is 48.4 Å². The van der Waals surface area contributed by atoms with E-state index in [1.807, 2.05) is 41.9 Å². The number of fused-ring (bicyclic) bond motifs is 3. The Morgan fingerprint density at radius 2 is 1.76 bits per heavy atom. The third kappa shape index (κ3) is 4.82. The fourth-order valence-corrected chi connectivity index (χ4v) is 5.11. The van der Waals surface area contributed by atoms with Crippen molar-refractivity contribution in [2.75, 3.05) is 20.2 Å². The molecule has 0 aliphatic carbocycles.